The average molecular weight is 347 g/mol. The minimum atomic E-state index is -0.0387. The van der Waals surface area contributed by atoms with Crippen LogP contribution in [0.5, 0.6) is 0 Å². The Hall–Kier alpha value is -1.70. The van der Waals surface area contributed by atoms with Crippen molar-refractivity contribution in [3.05, 3.63) is 40.7 Å². The van der Waals surface area contributed by atoms with Crippen molar-refractivity contribution in [1.29, 1.82) is 0 Å². The molecule has 2 fully saturated rings. The first-order valence-electron chi connectivity index (χ1n) is 8.25. The lowest BCUT2D eigenvalue weighted by Crippen LogP contribution is -2.43. The molecule has 0 aromatic carbocycles. The molecule has 6 nitrogen and oxygen atoms in total. The number of amides is 1. The molecule has 4 heterocycles. The number of aromatic nitrogens is 1. The van der Waals surface area contributed by atoms with E-state index < -0.39 is 0 Å². The Morgan fingerprint density at radius 1 is 1.38 bits per heavy atom. The lowest BCUT2D eigenvalue weighted by Gasteiger charge is -2.31. The number of furan rings is 1. The van der Waals surface area contributed by atoms with Crippen LogP contribution < -0.4 is 0 Å². The lowest BCUT2D eigenvalue weighted by molar-refractivity contribution is 0.0625. The third kappa shape index (κ3) is 3.24. The van der Waals surface area contributed by atoms with Gasteiger partial charge in [0.2, 0.25) is 0 Å². The fourth-order valence-electron chi connectivity index (χ4n) is 3.65. The van der Waals surface area contributed by atoms with Gasteiger partial charge in [0, 0.05) is 36.6 Å². The summed E-state index contributed by atoms with van der Waals surface area (Å²) >= 11 is 1.69. The summed E-state index contributed by atoms with van der Waals surface area (Å²) in [6, 6.07) is 3.48. The maximum Gasteiger partial charge on any atom is 0.289 e. The van der Waals surface area contributed by atoms with E-state index in [4.69, 9.17) is 9.15 Å². The molecule has 128 valence electrons. The van der Waals surface area contributed by atoms with Gasteiger partial charge in [-0.1, -0.05) is 0 Å². The zero-order valence-electron chi connectivity index (χ0n) is 13.5. The molecule has 0 saturated carbocycles. The van der Waals surface area contributed by atoms with Crippen LogP contribution in [-0.2, 0) is 11.3 Å². The van der Waals surface area contributed by atoms with E-state index in [1.165, 1.54) is 0 Å². The number of hydrogen-bond acceptors (Lipinski definition) is 6. The molecule has 0 unspecified atom stereocenters. The number of nitrogens with zero attached hydrogens (tertiary/aromatic N) is 3. The second kappa shape index (κ2) is 6.66. The number of likely N-dealkylation sites (tertiary alicyclic amines) is 1. The normalized spacial score (nSPS) is 25.2. The number of carbonyl (C=O) groups is 1. The Balaban J connectivity index is 1.45. The van der Waals surface area contributed by atoms with E-state index in [0.717, 1.165) is 37.6 Å². The Labute approximate surface area is 145 Å². The molecule has 0 bridgehead atoms. The summed E-state index contributed by atoms with van der Waals surface area (Å²) in [6.45, 7) is 5.48. The van der Waals surface area contributed by atoms with Crippen LogP contribution in [0.3, 0.4) is 0 Å². The van der Waals surface area contributed by atoms with E-state index in [1.807, 2.05) is 16.5 Å². The molecule has 4 rings (SSSR count). The summed E-state index contributed by atoms with van der Waals surface area (Å²) in [5, 5.41) is 3.16. The predicted molar refractivity (Wildman–Crippen MR) is 89.9 cm³/mol. The minimum absolute atomic E-state index is 0.00993. The van der Waals surface area contributed by atoms with Gasteiger partial charge in [-0.3, -0.25) is 9.69 Å². The van der Waals surface area contributed by atoms with Gasteiger partial charge in [0.1, 0.15) is 5.01 Å². The Bertz CT molecular complexity index is 673. The molecule has 2 saturated heterocycles. The third-order valence-corrected chi connectivity index (χ3v) is 5.58. The predicted octanol–water partition coefficient (Wildman–Crippen LogP) is 2.10. The summed E-state index contributed by atoms with van der Waals surface area (Å²) < 4.78 is 11.1. The van der Waals surface area contributed by atoms with E-state index in [0.29, 0.717) is 25.5 Å². The molecule has 1 atom stereocenters. The van der Waals surface area contributed by atoms with E-state index in [1.54, 1.807) is 29.7 Å². The van der Waals surface area contributed by atoms with Crippen LogP contribution >= 0.6 is 11.3 Å². The van der Waals surface area contributed by atoms with Crippen LogP contribution in [0.1, 0.15) is 22.0 Å². The molecule has 0 radical (unpaired) electrons. The summed E-state index contributed by atoms with van der Waals surface area (Å²) in [5.74, 6) is 0.368. The molecule has 2 aliphatic heterocycles. The lowest BCUT2D eigenvalue weighted by atomic mass is 9.87. The van der Waals surface area contributed by atoms with Crippen molar-refractivity contribution >= 4 is 17.2 Å². The molecular formula is C17H21N3O3S. The van der Waals surface area contributed by atoms with Gasteiger partial charge in [-0.15, -0.1) is 11.3 Å². The Morgan fingerprint density at radius 2 is 2.33 bits per heavy atom. The number of thiazole rings is 1. The van der Waals surface area contributed by atoms with Crippen molar-refractivity contribution in [3.8, 4) is 0 Å². The number of ether oxygens (including phenoxy) is 1. The SMILES string of the molecule is O=C(c1ccco1)N1CCOC[C@@]2(CCN(Cc3nccs3)C2)C1. The number of hydrogen-bond donors (Lipinski definition) is 0. The average Bonchev–Trinajstić information content (AvgIpc) is 3.30. The van der Waals surface area contributed by atoms with E-state index >= 15 is 0 Å². The second-order valence-electron chi connectivity index (χ2n) is 6.64. The van der Waals surface area contributed by atoms with Crippen molar-refractivity contribution in [2.24, 2.45) is 5.41 Å². The highest BCUT2D eigenvalue weighted by atomic mass is 32.1. The monoisotopic (exact) mass is 347 g/mol. The van der Waals surface area contributed by atoms with Crippen LogP contribution in [-0.4, -0.2) is 60.1 Å². The minimum Gasteiger partial charge on any atom is -0.459 e. The summed E-state index contributed by atoms with van der Waals surface area (Å²) in [6.07, 6.45) is 4.44. The highest BCUT2D eigenvalue weighted by Crippen LogP contribution is 2.34. The zero-order chi connectivity index (χ0) is 16.4. The van der Waals surface area contributed by atoms with Gasteiger partial charge in [0.05, 0.1) is 26.0 Å². The standard InChI is InChI=1S/C17H21N3O3S/c21-16(14-2-1-7-23-14)20-6-8-22-13-17(12-20)3-5-19(11-17)10-15-18-4-9-24-15/h1-2,4,7,9H,3,5-6,8,10-13H2/t17-/m1/s1. The molecule has 2 aliphatic rings. The highest BCUT2D eigenvalue weighted by molar-refractivity contribution is 7.09. The summed E-state index contributed by atoms with van der Waals surface area (Å²) in [4.78, 5) is 21.3. The first kappa shape index (κ1) is 15.8. The van der Waals surface area contributed by atoms with Gasteiger partial charge in [0.25, 0.3) is 5.91 Å². The quantitative estimate of drug-likeness (QED) is 0.851. The molecule has 0 N–H and O–H groups in total. The Morgan fingerprint density at radius 3 is 3.12 bits per heavy atom. The van der Waals surface area contributed by atoms with E-state index in [9.17, 15) is 4.79 Å². The van der Waals surface area contributed by atoms with Gasteiger partial charge >= 0.3 is 0 Å². The maximum atomic E-state index is 12.6. The highest BCUT2D eigenvalue weighted by Gasteiger charge is 2.42. The van der Waals surface area contributed by atoms with Crippen molar-refractivity contribution in [2.75, 3.05) is 39.4 Å². The van der Waals surface area contributed by atoms with Crippen molar-refractivity contribution < 1.29 is 13.9 Å². The molecule has 1 amide bonds. The van der Waals surface area contributed by atoms with E-state index in [2.05, 4.69) is 9.88 Å². The fraction of sp³-hybridized carbons (Fsp3) is 0.529. The third-order valence-electron chi connectivity index (χ3n) is 4.82. The first-order chi connectivity index (χ1) is 11.7. The van der Waals surface area contributed by atoms with Crippen LogP contribution in [0.2, 0.25) is 0 Å². The molecule has 0 aliphatic carbocycles. The van der Waals surface area contributed by atoms with Crippen LogP contribution in [0.4, 0.5) is 0 Å². The Kier molecular flexibility index (Phi) is 4.39. The van der Waals surface area contributed by atoms with Crippen molar-refractivity contribution in [3.63, 3.8) is 0 Å². The van der Waals surface area contributed by atoms with Crippen LogP contribution in [0.25, 0.3) is 0 Å². The van der Waals surface area contributed by atoms with Gasteiger partial charge in [-0.2, -0.15) is 0 Å². The fourth-order valence-corrected chi connectivity index (χ4v) is 4.31. The summed E-state index contributed by atoms with van der Waals surface area (Å²) in [7, 11) is 0. The van der Waals surface area contributed by atoms with E-state index in [-0.39, 0.29) is 11.3 Å². The first-order valence-corrected chi connectivity index (χ1v) is 9.13. The van der Waals surface area contributed by atoms with Gasteiger partial charge in [-0.25, -0.2) is 4.98 Å². The zero-order valence-corrected chi connectivity index (χ0v) is 14.3. The van der Waals surface area contributed by atoms with Crippen molar-refractivity contribution in [2.45, 2.75) is 13.0 Å². The molecule has 7 heteroatoms. The summed E-state index contributed by atoms with van der Waals surface area (Å²) in [5.41, 5.74) is 0.00993. The van der Waals surface area contributed by atoms with Gasteiger partial charge in [-0.05, 0) is 25.1 Å². The van der Waals surface area contributed by atoms with Crippen LogP contribution in [0.15, 0.2) is 34.4 Å². The smallest absolute Gasteiger partial charge is 0.289 e. The molecule has 2 aromatic rings. The maximum absolute atomic E-state index is 12.6. The topological polar surface area (TPSA) is 58.8 Å². The largest absolute Gasteiger partial charge is 0.459 e. The second-order valence-corrected chi connectivity index (χ2v) is 7.62. The van der Waals surface area contributed by atoms with Crippen LogP contribution in [0, 0.1) is 5.41 Å². The molecular weight excluding hydrogens is 326 g/mol. The van der Waals surface area contributed by atoms with Gasteiger partial charge < -0.3 is 14.1 Å². The van der Waals surface area contributed by atoms with Gasteiger partial charge in [0.15, 0.2) is 5.76 Å². The number of rotatable bonds is 3. The molecule has 2 aromatic heterocycles. The van der Waals surface area contributed by atoms with Crippen molar-refractivity contribution in [1.82, 2.24) is 14.8 Å². The molecule has 1 spiro atoms. The molecule has 24 heavy (non-hydrogen) atoms. The number of carbonyl (C=O) groups excluding carboxylic acids is 1.